The number of hydrogen-bond donors (Lipinski definition) is 6. The number of hydrazine groups is 1. The summed E-state index contributed by atoms with van der Waals surface area (Å²) in [6, 6.07) is 10.6. The number of aliphatic hydroxyl groups is 1. The molecule has 0 radical (unpaired) electrons. The second kappa shape index (κ2) is 10.5. The molecule has 34 heavy (non-hydrogen) atoms. The smallest absolute Gasteiger partial charge is 0.242 e. The second-order valence-corrected chi connectivity index (χ2v) is 9.99. The van der Waals surface area contributed by atoms with Gasteiger partial charge in [-0.1, -0.05) is 0 Å². The molecule has 0 spiro atoms. The maximum atomic E-state index is 12.8. The van der Waals surface area contributed by atoms with E-state index in [4.69, 9.17) is 5.26 Å². The molecule has 5 unspecified atom stereocenters. The number of aliphatic hydroxyl groups excluding tert-OH is 1. The predicted octanol–water partition coefficient (Wildman–Crippen LogP) is 0.107. The van der Waals surface area contributed by atoms with Crippen LogP contribution in [-0.4, -0.2) is 73.2 Å². The Morgan fingerprint density at radius 3 is 2.65 bits per heavy atom. The average Bonchev–Trinajstić information content (AvgIpc) is 2.85. The number of anilines is 2. The van der Waals surface area contributed by atoms with Crippen molar-refractivity contribution in [1.29, 1.82) is 5.26 Å². The van der Waals surface area contributed by atoms with Gasteiger partial charge in [-0.15, -0.1) is 0 Å². The van der Waals surface area contributed by atoms with Crippen LogP contribution in [0.15, 0.2) is 24.3 Å². The molecule has 4 heterocycles. The molecule has 184 valence electrons. The van der Waals surface area contributed by atoms with Gasteiger partial charge in [0.05, 0.1) is 24.3 Å². The Morgan fingerprint density at radius 1 is 1.12 bits per heavy atom. The summed E-state index contributed by atoms with van der Waals surface area (Å²) < 4.78 is 0. The van der Waals surface area contributed by atoms with Crippen LogP contribution in [0.25, 0.3) is 0 Å². The Bertz CT molecular complexity index is 882. The Hall–Kier alpha value is -2.42. The van der Waals surface area contributed by atoms with Crippen molar-refractivity contribution in [3.63, 3.8) is 0 Å². The molecule has 0 bridgehead atoms. The molecule has 4 aliphatic rings. The Labute approximate surface area is 201 Å². The SMILES string of the molecule is N#CCC1CCN(C2NC3CNNC(=O)C3C(Nc3ccc(N4CCCC(O)C4)cc3)N2)CC1. The first-order valence-electron chi connectivity index (χ1n) is 12.6. The molecule has 5 atom stereocenters. The lowest BCUT2D eigenvalue weighted by atomic mass is 9.90. The van der Waals surface area contributed by atoms with E-state index in [0.29, 0.717) is 25.4 Å². The number of rotatable bonds is 5. The summed E-state index contributed by atoms with van der Waals surface area (Å²) in [5.74, 6) is 0.192. The van der Waals surface area contributed by atoms with Crippen LogP contribution in [0.3, 0.4) is 0 Å². The quantitative estimate of drug-likeness (QED) is 0.357. The van der Waals surface area contributed by atoms with Crippen molar-refractivity contribution in [3.8, 4) is 6.07 Å². The minimum Gasteiger partial charge on any atom is -0.391 e. The van der Waals surface area contributed by atoms with Crippen molar-refractivity contribution in [2.75, 3.05) is 42.9 Å². The first-order chi connectivity index (χ1) is 16.6. The molecule has 1 amide bonds. The molecule has 0 saturated carbocycles. The van der Waals surface area contributed by atoms with Crippen LogP contribution in [0, 0.1) is 23.2 Å². The van der Waals surface area contributed by atoms with Gasteiger partial charge in [-0.25, -0.2) is 5.43 Å². The predicted molar refractivity (Wildman–Crippen MR) is 129 cm³/mol. The van der Waals surface area contributed by atoms with Crippen LogP contribution in [0.1, 0.15) is 32.1 Å². The van der Waals surface area contributed by atoms with Gasteiger partial charge in [0.25, 0.3) is 0 Å². The first-order valence-corrected chi connectivity index (χ1v) is 12.6. The lowest BCUT2D eigenvalue weighted by Crippen LogP contribution is -2.77. The van der Waals surface area contributed by atoms with Crippen molar-refractivity contribution in [3.05, 3.63) is 24.3 Å². The number of nitrogens with zero attached hydrogens (tertiary/aromatic N) is 3. The minimum atomic E-state index is -0.261. The number of nitriles is 1. The molecule has 0 aromatic heterocycles. The molecule has 0 aliphatic carbocycles. The molecule has 1 aromatic carbocycles. The molecule has 5 rings (SSSR count). The highest BCUT2D eigenvalue weighted by Crippen LogP contribution is 2.27. The Morgan fingerprint density at radius 2 is 1.91 bits per heavy atom. The van der Waals surface area contributed by atoms with E-state index < -0.39 is 0 Å². The van der Waals surface area contributed by atoms with E-state index in [1.165, 1.54) is 0 Å². The highest BCUT2D eigenvalue weighted by Gasteiger charge is 2.45. The average molecular weight is 469 g/mol. The first kappa shape index (κ1) is 23.3. The van der Waals surface area contributed by atoms with Gasteiger partial charge >= 0.3 is 0 Å². The Kier molecular flexibility index (Phi) is 7.18. The number of amides is 1. The van der Waals surface area contributed by atoms with Crippen molar-refractivity contribution < 1.29 is 9.90 Å². The highest BCUT2D eigenvalue weighted by molar-refractivity contribution is 5.81. The van der Waals surface area contributed by atoms with Crippen LogP contribution in [0.5, 0.6) is 0 Å². The van der Waals surface area contributed by atoms with E-state index in [9.17, 15) is 9.90 Å². The van der Waals surface area contributed by atoms with Crippen molar-refractivity contribution in [1.82, 2.24) is 26.4 Å². The third-order valence-corrected chi connectivity index (χ3v) is 7.68. The van der Waals surface area contributed by atoms with Gasteiger partial charge in [0.2, 0.25) is 5.91 Å². The molecular formula is C24H36N8O2. The molecule has 4 aliphatic heterocycles. The molecule has 10 nitrogen and oxygen atoms in total. The summed E-state index contributed by atoms with van der Waals surface area (Å²) in [7, 11) is 0. The molecule has 4 saturated heterocycles. The number of carbonyl (C=O) groups is 1. The minimum absolute atomic E-state index is 0.00319. The number of piperidine rings is 2. The van der Waals surface area contributed by atoms with Gasteiger partial charge in [0.1, 0.15) is 6.29 Å². The van der Waals surface area contributed by atoms with Gasteiger partial charge in [0, 0.05) is 56.6 Å². The van der Waals surface area contributed by atoms with Crippen LogP contribution in [0.2, 0.25) is 0 Å². The molecular weight excluding hydrogens is 432 g/mol. The lowest BCUT2D eigenvalue weighted by molar-refractivity contribution is -0.132. The number of carbonyl (C=O) groups excluding carboxylic acids is 1. The number of hydrogen-bond acceptors (Lipinski definition) is 9. The van der Waals surface area contributed by atoms with E-state index in [1.54, 1.807) is 0 Å². The van der Waals surface area contributed by atoms with Crippen molar-refractivity contribution >= 4 is 17.3 Å². The maximum Gasteiger partial charge on any atom is 0.242 e. The maximum absolute atomic E-state index is 12.8. The Balaban J connectivity index is 1.27. The van der Waals surface area contributed by atoms with Crippen molar-refractivity contribution in [2.45, 2.75) is 56.7 Å². The largest absolute Gasteiger partial charge is 0.391 e. The number of benzene rings is 1. The standard InChI is InChI=1S/C24H36N8O2/c25-10-7-16-8-12-31(13-9-16)24-28-20-14-26-30-23(34)21(20)22(29-24)27-17-3-5-18(6-4-17)32-11-1-2-19(33)15-32/h3-6,16,19-22,24,26-29,33H,1-2,7-9,11-15H2,(H,30,34). The number of nitrogens with one attached hydrogen (secondary N) is 5. The van der Waals surface area contributed by atoms with E-state index in [1.807, 2.05) is 0 Å². The number of likely N-dealkylation sites (tertiary alicyclic amines) is 1. The van der Waals surface area contributed by atoms with Crippen LogP contribution in [0.4, 0.5) is 11.4 Å². The van der Waals surface area contributed by atoms with E-state index in [2.05, 4.69) is 66.9 Å². The molecule has 6 N–H and O–H groups in total. The van der Waals surface area contributed by atoms with E-state index in [-0.39, 0.29) is 36.4 Å². The van der Waals surface area contributed by atoms with Crippen LogP contribution >= 0.6 is 0 Å². The monoisotopic (exact) mass is 468 g/mol. The zero-order chi connectivity index (χ0) is 23.5. The fourth-order valence-electron chi connectivity index (χ4n) is 5.74. The normalized spacial score (nSPS) is 33.0. The topological polar surface area (TPSA) is 128 Å². The van der Waals surface area contributed by atoms with E-state index in [0.717, 1.165) is 56.7 Å². The van der Waals surface area contributed by atoms with Gasteiger partial charge in [-0.3, -0.25) is 25.8 Å². The van der Waals surface area contributed by atoms with Crippen molar-refractivity contribution in [2.24, 2.45) is 11.8 Å². The van der Waals surface area contributed by atoms with Gasteiger partial charge in [-0.05, 0) is 55.9 Å². The van der Waals surface area contributed by atoms with Crippen LogP contribution < -0.4 is 31.7 Å². The third kappa shape index (κ3) is 5.14. The van der Waals surface area contributed by atoms with Gasteiger partial charge in [-0.2, -0.15) is 5.26 Å². The highest BCUT2D eigenvalue weighted by atomic mass is 16.3. The summed E-state index contributed by atoms with van der Waals surface area (Å²) in [6.07, 6.45) is 4.01. The summed E-state index contributed by atoms with van der Waals surface area (Å²) in [6.45, 7) is 4.15. The zero-order valence-corrected chi connectivity index (χ0v) is 19.5. The fraction of sp³-hybridized carbons (Fsp3) is 0.667. The van der Waals surface area contributed by atoms with Crippen LogP contribution in [-0.2, 0) is 4.79 Å². The molecule has 1 aromatic rings. The summed E-state index contributed by atoms with van der Waals surface area (Å²) >= 11 is 0. The summed E-state index contributed by atoms with van der Waals surface area (Å²) in [4.78, 5) is 17.4. The molecule has 4 fully saturated rings. The van der Waals surface area contributed by atoms with Gasteiger partial charge in [0.15, 0.2) is 0 Å². The lowest BCUT2D eigenvalue weighted by Gasteiger charge is -2.49. The fourth-order valence-corrected chi connectivity index (χ4v) is 5.74. The molecule has 10 heteroatoms. The van der Waals surface area contributed by atoms with Gasteiger partial charge < -0.3 is 15.3 Å². The summed E-state index contributed by atoms with van der Waals surface area (Å²) in [5.41, 5.74) is 7.86. The second-order valence-electron chi connectivity index (χ2n) is 9.99. The number of β-amino-alcohol motifs (C(OH)–C–C–N with tert-alkyl or cyclic N) is 1. The summed E-state index contributed by atoms with van der Waals surface area (Å²) in [5, 5.41) is 29.8. The third-order valence-electron chi connectivity index (χ3n) is 7.68. The van der Waals surface area contributed by atoms with E-state index >= 15 is 0 Å². The zero-order valence-electron chi connectivity index (χ0n) is 19.5. The number of fused-ring (bicyclic) bond motifs is 1.